The van der Waals surface area contributed by atoms with E-state index < -0.39 is 0 Å². The molecular weight excluding hydrogens is 398 g/mol. The number of carbonyl (C=O) groups excluding carboxylic acids is 1. The third-order valence-corrected chi connectivity index (χ3v) is 8.16. The number of hydrogen-bond donors (Lipinski definition) is 3. The summed E-state index contributed by atoms with van der Waals surface area (Å²) in [6, 6.07) is 16.4. The molecule has 5 nitrogen and oxygen atoms in total. The van der Waals surface area contributed by atoms with Gasteiger partial charge in [0.1, 0.15) is 5.75 Å². The van der Waals surface area contributed by atoms with Gasteiger partial charge in [0.05, 0.1) is 0 Å². The number of nitrogens with one attached hydrogen (secondary N) is 2. The second-order valence-electron chi connectivity index (χ2n) is 10.1. The minimum atomic E-state index is -0.118. The first-order chi connectivity index (χ1) is 15.5. The number of amides is 2. The van der Waals surface area contributed by atoms with Crippen LogP contribution in [0.25, 0.3) is 0 Å². The first-order valence-electron chi connectivity index (χ1n) is 12.2. The number of rotatable bonds is 7. The maximum absolute atomic E-state index is 12.4. The molecule has 0 unspecified atom stereocenters. The molecule has 2 fully saturated rings. The highest BCUT2D eigenvalue weighted by molar-refractivity contribution is 5.73. The van der Waals surface area contributed by atoms with Crippen molar-refractivity contribution in [3.63, 3.8) is 0 Å². The van der Waals surface area contributed by atoms with Gasteiger partial charge in [0.25, 0.3) is 0 Å². The van der Waals surface area contributed by atoms with Crippen LogP contribution < -0.4 is 10.6 Å². The summed E-state index contributed by atoms with van der Waals surface area (Å²) in [5.41, 5.74) is 3.78. The monoisotopic (exact) mass is 433 g/mol. The van der Waals surface area contributed by atoms with E-state index in [0.29, 0.717) is 30.8 Å². The number of nitrogens with zero attached hydrogens (tertiary/aromatic N) is 1. The predicted molar refractivity (Wildman–Crippen MR) is 127 cm³/mol. The second kappa shape index (κ2) is 8.78. The lowest BCUT2D eigenvalue weighted by molar-refractivity contribution is 0.0161. The van der Waals surface area contributed by atoms with Gasteiger partial charge in [0, 0.05) is 31.1 Å². The van der Waals surface area contributed by atoms with Crippen LogP contribution in [0.4, 0.5) is 4.79 Å². The summed E-state index contributed by atoms with van der Waals surface area (Å²) in [6.07, 6.45) is 5.82. The molecule has 1 aliphatic heterocycles. The maximum atomic E-state index is 12.4. The van der Waals surface area contributed by atoms with Crippen molar-refractivity contribution in [1.82, 2.24) is 15.5 Å². The highest BCUT2D eigenvalue weighted by Crippen LogP contribution is 2.52. The summed E-state index contributed by atoms with van der Waals surface area (Å²) in [6.45, 7) is 5.91. The van der Waals surface area contributed by atoms with Crippen molar-refractivity contribution in [2.45, 2.75) is 57.0 Å². The van der Waals surface area contributed by atoms with Crippen LogP contribution in [0.15, 0.2) is 48.5 Å². The van der Waals surface area contributed by atoms with Gasteiger partial charge in [-0.25, -0.2) is 4.79 Å². The van der Waals surface area contributed by atoms with Crippen molar-refractivity contribution in [3.05, 3.63) is 65.2 Å². The highest BCUT2D eigenvalue weighted by Gasteiger charge is 2.51. The van der Waals surface area contributed by atoms with Gasteiger partial charge >= 0.3 is 6.03 Å². The Morgan fingerprint density at radius 3 is 2.75 bits per heavy atom. The Kier molecular flexibility index (Phi) is 5.85. The van der Waals surface area contributed by atoms with Gasteiger partial charge in [-0.15, -0.1) is 0 Å². The number of hydrogen-bond acceptors (Lipinski definition) is 3. The van der Waals surface area contributed by atoms with Gasteiger partial charge in [-0.2, -0.15) is 0 Å². The van der Waals surface area contributed by atoms with Crippen LogP contribution in [-0.2, 0) is 18.4 Å². The fraction of sp³-hybridized carbons (Fsp3) is 0.519. The summed E-state index contributed by atoms with van der Waals surface area (Å²) in [5, 5.41) is 16.3. The molecule has 2 amide bonds. The summed E-state index contributed by atoms with van der Waals surface area (Å²) in [5.74, 6) is 1.74. The molecular formula is C27H35N3O2. The van der Waals surface area contributed by atoms with Crippen molar-refractivity contribution in [2.75, 3.05) is 19.6 Å². The SMILES string of the molecule is C[C@H]1[C@H]2Cc3ccc(O)cc3[C@]1(CCNC(=O)NCc1ccccc1)CCN2CC1CC1. The van der Waals surface area contributed by atoms with E-state index in [9.17, 15) is 9.90 Å². The molecule has 170 valence electrons. The molecule has 0 radical (unpaired) electrons. The van der Waals surface area contributed by atoms with Crippen LogP contribution in [0.1, 0.15) is 49.3 Å². The molecule has 2 aromatic carbocycles. The normalized spacial score (nSPS) is 26.9. The lowest BCUT2D eigenvalue weighted by Gasteiger charge is -2.56. The highest BCUT2D eigenvalue weighted by atomic mass is 16.3. The van der Waals surface area contributed by atoms with Crippen molar-refractivity contribution >= 4 is 6.03 Å². The third-order valence-electron chi connectivity index (χ3n) is 8.16. The number of likely N-dealkylation sites (tertiary alicyclic amines) is 1. The van der Waals surface area contributed by atoms with Gasteiger partial charge in [-0.1, -0.05) is 43.3 Å². The molecule has 2 aromatic rings. The van der Waals surface area contributed by atoms with Crippen molar-refractivity contribution in [2.24, 2.45) is 11.8 Å². The van der Waals surface area contributed by atoms with Gasteiger partial charge in [-0.3, -0.25) is 4.90 Å². The van der Waals surface area contributed by atoms with Crippen LogP contribution >= 0.6 is 0 Å². The number of fused-ring (bicyclic) bond motifs is 4. The first-order valence-corrected chi connectivity index (χ1v) is 12.2. The number of aromatic hydroxyl groups is 1. The van der Waals surface area contributed by atoms with Crippen molar-refractivity contribution in [3.8, 4) is 5.75 Å². The average Bonchev–Trinajstić information content (AvgIpc) is 3.61. The Morgan fingerprint density at radius 2 is 1.97 bits per heavy atom. The molecule has 0 aromatic heterocycles. The second-order valence-corrected chi connectivity index (χ2v) is 10.1. The van der Waals surface area contributed by atoms with Crippen molar-refractivity contribution < 1.29 is 9.90 Å². The van der Waals surface area contributed by atoms with Gasteiger partial charge in [0.2, 0.25) is 0 Å². The Morgan fingerprint density at radius 1 is 1.16 bits per heavy atom. The van der Waals surface area contributed by atoms with Crippen LogP contribution in [0, 0.1) is 11.8 Å². The summed E-state index contributed by atoms with van der Waals surface area (Å²) in [7, 11) is 0. The third kappa shape index (κ3) is 4.23. The van der Waals surface area contributed by atoms with Gasteiger partial charge in [0.15, 0.2) is 0 Å². The largest absolute Gasteiger partial charge is 0.508 e. The number of benzene rings is 2. The van der Waals surface area contributed by atoms with E-state index in [1.807, 2.05) is 42.5 Å². The molecule has 2 aliphatic carbocycles. The van der Waals surface area contributed by atoms with E-state index in [0.717, 1.165) is 37.3 Å². The topological polar surface area (TPSA) is 64.6 Å². The van der Waals surface area contributed by atoms with Crippen LogP contribution in [-0.4, -0.2) is 41.7 Å². The number of phenolic OH excluding ortho intramolecular Hbond substituents is 1. The fourth-order valence-corrected chi connectivity index (χ4v) is 6.12. The van der Waals surface area contributed by atoms with Crippen LogP contribution in [0.3, 0.4) is 0 Å². The Labute approximate surface area is 191 Å². The van der Waals surface area contributed by atoms with Crippen LogP contribution in [0.2, 0.25) is 0 Å². The van der Waals surface area contributed by atoms with E-state index in [1.54, 1.807) is 0 Å². The molecule has 2 bridgehead atoms. The summed E-state index contributed by atoms with van der Waals surface area (Å²) >= 11 is 0. The van der Waals surface area contributed by atoms with E-state index in [-0.39, 0.29) is 11.4 Å². The lowest BCUT2D eigenvalue weighted by Crippen LogP contribution is -2.60. The zero-order valence-electron chi connectivity index (χ0n) is 19.0. The Bertz CT molecular complexity index is 959. The van der Waals surface area contributed by atoms with E-state index >= 15 is 0 Å². The average molecular weight is 434 g/mol. The van der Waals surface area contributed by atoms with E-state index in [4.69, 9.17) is 0 Å². The predicted octanol–water partition coefficient (Wildman–Crippen LogP) is 4.20. The van der Waals surface area contributed by atoms with E-state index in [2.05, 4.69) is 28.5 Å². The number of carbonyl (C=O) groups is 1. The maximum Gasteiger partial charge on any atom is 0.315 e. The minimum absolute atomic E-state index is 0.00372. The zero-order chi connectivity index (χ0) is 22.1. The molecule has 32 heavy (non-hydrogen) atoms. The molecule has 3 aliphatic rings. The Balaban J connectivity index is 1.27. The van der Waals surface area contributed by atoms with Gasteiger partial charge < -0.3 is 15.7 Å². The fourth-order valence-electron chi connectivity index (χ4n) is 6.12. The number of phenols is 1. The summed E-state index contributed by atoms with van der Waals surface area (Å²) < 4.78 is 0. The molecule has 5 rings (SSSR count). The van der Waals surface area contributed by atoms with Crippen LogP contribution in [0.5, 0.6) is 5.75 Å². The quantitative estimate of drug-likeness (QED) is 0.613. The molecule has 1 saturated heterocycles. The standard InChI is InChI=1S/C27H35N3O2/c1-19-25-15-22-9-10-23(31)16-24(22)27(19,12-14-30(25)18-21-7-8-21)11-13-28-26(32)29-17-20-5-3-2-4-6-20/h2-6,9-10,16,19,21,25,31H,7-8,11-15,17-18H2,1H3,(H2,28,29,32)/t19-,25+,27+/m0/s1. The molecule has 3 N–H and O–H groups in total. The summed E-state index contributed by atoms with van der Waals surface area (Å²) in [4.78, 5) is 15.2. The molecule has 0 spiro atoms. The van der Waals surface area contributed by atoms with Crippen molar-refractivity contribution in [1.29, 1.82) is 0 Å². The minimum Gasteiger partial charge on any atom is -0.508 e. The van der Waals surface area contributed by atoms with Gasteiger partial charge in [-0.05, 0) is 79.3 Å². The smallest absolute Gasteiger partial charge is 0.315 e. The van der Waals surface area contributed by atoms with E-state index in [1.165, 1.54) is 30.5 Å². The molecule has 1 saturated carbocycles. The molecule has 1 heterocycles. The molecule has 3 atom stereocenters. The molecule has 5 heteroatoms. The Hall–Kier alpha value is -2.53. The number of urea groups is 1. The number of piperidine rings is 1. The lowest BCUT2D eigenvalue weighted by atomic mass is 9.56. The zero-order valence-corrected chi connectivity index (χ0v) is 19.0. The first kappa shape index (κ1) is 21.3.